The number of aromatic nitrogens is 2. The predicted octanol–water partition coefficient (Wildman–Crippen LogP) is 5.81. The van der Waals surface area contributed by atoms with Crippen molar-refractivity contribution in [1.82, 2.24) is 14.9 Å². The minimum absolute atomic E-state index is 0.364. The molecule has 8 heteroatoms. The van der Waals surface area contributed by atoms with E-state index in [1.165, 1.54) is 0 Å². The third kappa shape index (κ3) is 6.11. The lowest BCUT2D eigenvalue weighted by Gasteiger charge is -2.19. The number of hydrogen-bond donors (Lipinski definition) is 1. The number of nitrogens with zero attached hydrogens (tertiary/aromatic N) is 3. The van der Waals surface area contributed by atoms with E-state index in [-0.39, 0.29) is 0 Å². The molecule has 0 aliphatic heterocycles. The summed E-state index contributed by atoms with van der Waals surface area (Å²) in [5, 5.41) is 12.4. The fraction of sp³-hybridized carbons (Fsp3) is 0.292. The molecule has 3 aromatic rings. The highest BCUT2D eigenvalue weighted by Crippen LogP contribution is 2.34. The van der Waals surface area contributed by atoms with Gasteiger partial charge in [-0.3, -0.25) is 0 Å². The average molecular weight is 497 g/mol. The van der Waals surface area contributed by atoms with Crippen LogP contribution in [-0.2, 0) is 11.3 Å². The molecule has 0 fully saturated rings. The Bertz CT molecular complexity index is 1140. The van der Waals surface area contributed by atoms with Gasteiger partial charge in [-0.05, 0) is 67.4 Å². The molecule has 0 spiro atoms. The molecule has 0 aliphatic rings. The van der Waals surface area contributed by atoms with E-state index in [0.29, 0.717) is 30.3 Å². The third-order valence-corrected chi connectivity index (χ3v) is 5.23. The monoisotopic (exact) mass is 496 g/mol. The van der Waals surface area contributed by atoms with Crippen molar-refractivity contribution in [3.05, 3.63) is 64.5 Å². The lowest BCUT2D eigenvalue weighted by molar-refractivity contribution is 0.0526. The smallest absolute Gasteiger partial charge is 0.407 e. The normalized spacial score (nSPS) is 11.0. The van der Waals surface area contributed by atoms with Crippen LogP contribution in [0, 0.1) is 18.3 Å². The van der Waals surface area contributed by atoms with Gasteiger partial charge in [-0.1, -0.05) is 18.2 Å². The van der Waals surface area contributed by atoms with Gasteiger partial charge in [0.15, 0.2) is 0 Å². The van der Waals surface area contributed by atoms with E-state index in [1.807, 2.05) is 68.7 Å². The predicted molar refractivity (Wildman–Crippen MR) is 126 cm³/mol. The molecule has 0 unspecified atom stereocenters. The Balaban J connectivity index is 1.72. The number of amides is 1. The second-order valence-corrected chi connectivity index (χ2v) is 8.94. The van der Waals surface area contributed by atoms with Crippen LogP contribution < -0.4 is 10.1 Å². The summed E-state index contributed by atoms with van der Waals surface area (Å²) in [6.45, 7) is 8.19. The standard InChI is InChI=1S/C24H25BrN4O3/c1-16-6-5-7-20(28-16)31-19-10-8-17(9-11-19)21-18(14-26)15-29(22(21)25)13-12-27-23(30)32-24(2,3)4/h5-11,15H,12-13H2,1-4H3,(H,27,30). The number of carbonyl (C=O) groups excluding carboxylic acids is 1. The molecule has 0 atom stereocenters. The van der Waals surface area contributed by atoms with E-state index >= 15 is 0 Å². The molecule has 7 nitrogen and oxygen atoms in total. The van der Waals surface area contributed by atoms with Crippen molar-refractivity contribution in [1.29, 1.82) is 5.26 Å². The van der Waals surface area contributed by atoms with E-state index in [4.69, 9.17) is 9.47 Å². The second kappa shape index (κ2) is 9.88. The first-order valence-corrected chi connectivity index (χ1v) is 10.9. The first kappa shape index (κ1) is 23.4. The maximum Gasteiger partial charge on any atom is 0.407 e. The molecule has 1 aromatic carbocycles. The number of hydrogen-bond acceptors (Lipinski definition) is 5. The molecule has 1 amide bonds. The Hall–Kier alpha value is -3.31. The molecule has 32 heavy (non-hydrogen) atoms. The van der Waals surface area contributed by atoms with Crippen LogP contribution >= 0.6 is 15.9 Å². The van der Waals surface area contributed by atoms with Crippen LogP contribution in [0.15, 0.2) is 53.3 Å². The molecule has 0 saturated heterocycles. The van der Waals surface area contributed by atoms with Gasteiger partial charge in [0.05, 0.1) is 10.2 Å². The molecule has 166 valence electrons. The zero-order chi connectivity index (χ0) is 23.3. The number of pyridine rings is 1. The minimum Gasteiger partial charge on any atom is -0.444 e. The summed E-state index contributed by atoms with van der Waals surface area (Å²) >= 11 is 3.60. The molecule has 1 N–H and O–H groups in total. The van der Waals surface area contributed by atoms with E-state index in [1.54, 1.807) is 12.3 Å². The SMILES string of the molecule is Cc1cccc(Oc2ccc(-c3c(C#N)cn(CCNC(=O)OC(C)(C)C)c3Br)cc2)n1. The summed E-state index contributed by atoms with van der Waals surface area (Å²) in [7, 11) is 0. The van der Waals surface area contributed by atoms with Crippen molar-refractivity contribution < 1.29 is 14.3 Å². The van der Waals surface area contributed by atoms with Crippen molar-refractivity contribution in [2.45, 2.75) is 39.8 Å². The van der Waals surface area contributed by atoms with Crippen LogP contribution in [0.4, 0.5) is 4.79 Å². The second-order valence-electron chi connectivity index (χ2n) is 8.19. The Labute approximate surface area is 196 Å². The minimum atomic E-state index is -0.551. The van der Waals surface area contributed by atoms with E-state index in [0.717, 1.165) is 21.4 Å². The van der Waals surface area contributed by atoms with Crippen LogP contribution in [0.5, 0.6) is 11.6 Å². The number of nitriles is 1. The summed E-state index contributed by atoms with van der Waals surface area (Å²) in [4.78, 5) is 16.2. The summed E-state index contributed by atoms with van der Waals surface area (Å²) in [5.74, 6) is 1.18. The van der Waals surface area contributed by atoms with Crippen molar-refractivity contribution in [2.75, 3.05) is 6.54 Å². The molecule has 0 radical (unpaired) electrons. The number of nitrogens with one attached hydrogen (secondary N) is 1. The first-order chi connectivity index (χ1) is 15.2. The summed E-state index contributed by atoms with van der Waals surface area (Å²) in [6, 6.07) is 15.3. The highest BCUT2D eigenvalue weighted by atomic mass is 79.9. The Morgan fingerprint density at radius 2 is 1.94 bits per heavy atom. The van der Waals surface area contributed by atoms with Gasteiger partial charge >= 0.3 is 6.09 Å². The average Bonchev–Trinajstić information content (AvgIpc) is 3.03. The Morgan fingerprint density at radius 3 is 2.56 bits per heavy atom. The van der Waals surface area contributed by atoms with Crippen molar-refractivity contribution >= 4 is 22.0 Å². The van der Waals surface area contributed by atoms with Crippen molar-refractivity contribution in [3.63, 3.8) is 0 Å². The van der Waals surface area contributed by atoms with Crippen LogP contribution in [-0.4, -0.2) is 27.8 Å². The number of benzene rings is 1. The quantitative estimate of drug-likeness (QED) is 0.464. The fourth-order valence-corrected chi connectivity index (χ4v) is 3.75. The maximum atomic E-state index is 11.8. The van der Waals surface area contributed by atoms with Gasteiger partial charge in [0.25, 0.3) is 0 Å². The van der Waals surface area contributed by atoms with E-state index < -0.39 is 11.7 Å². The molecule has 2 aromatic heterocycles. The summed E-state index contributed by atoms with van der Waals surface area (Å²) in [6.07, 6.45) is 1.29. The van der Waals surface area contributed by atoms with Gasteiger partial charge in [-0.15, -0.1) is 0 Å². The first-order valence-electron chi connectivity index (χ1n) is 10.1. The van der Waals surface area contributed by atoms with Crippen LogP contribution in [0.25, 0.3) is 11.1 Å². The van der Waals surface area contributed by atoms with Gasteiger partial charge < -0.3 is 19.4 Å². The summed E-state index contributed by atoms with van der Waals surface area (Å²) < 4.78 is 13.7. The third-order valence-electron chi connectivity index (χ3n) is 4.38. The van der Waals surface area contributed by atoms with E-state index in [9.17, 15) is 10.1 Å². The number of alkyl carbamates (subject to hydrolysis) is 1. The molecular formula is C24H25BrN4O3. The molecular weight excluding hydrogens is 472 g/mol. The van der Waals surface area contributed by atoms with Crippen LogP contribution in [0.2, 0.25) is 0 Å². The number of ether oxygens (including phenoxy) is 2. The fourth-order valence-electron chi connectivity index (χ4n) is 3.03. The zero-order valence-corrected chi connectivity index (χ0v) is 20.1. The van der Waals surface area contributed by atoms with Gasteiger partial charge in [0, 0.05) is 36.6 Å². The highest BCUT2D eigenvalue weighted by Gasteiger charge is 2.18. The largest absolute Gasteiger partial charge is 0.444 e. The molecule has 0 aliphatic carbocycles. The van der Waals surface area contributed by atoms with E-state index in [2.05, 4.69) is 32.3 Å². The maximum absolute atomic E-state index is 11.8. The number of rotatable bonds is 6. The number of carbonyl (C=O) groups is 1. The Kier molecular flexibility index (Phi) is 7.21. The topological polar surface area (TPSA) is 89.2 Å². The Morgan fingerprint density at radius 1 is 1.22 bits per heavy atom. The molecule has 2 heterocycles. The zero-order valence-electron chi connectivity index (χ0n) is 18.5. The number of halogens is 1. The van der Waals surface area contributed by atoms with Gasteiger partial charge in [-0.25, -0.2) is 9.78 Å². The van der Waals surface area contributed by atoms with Crippen LogP contribution in [0.1, 0.15) is 32.0 Å². The van der Waals surface area contributed by atoms with Crippen LogP contribution in [0.3, 0.4) is 0 Å². The van der Waals surface area contributed by atoms with Crippen molar-refractivity contribution in [2.24, 2.45) is 0 Å². The lowest BCUT2D eigenvalue weighted by atomic mass is 10.1. The highest BCUT2D eigenvalue weighted by molar-refractivity contribution is 9.10. The van der Waals surface area contributed by atoms with Gasteiger partial charge in [0.2, 0.25) is 5.88 Å². The lowest BCUT2D eigenvalue weighted by Crippen LogP contribution is -2.34. The molecule has 0 saturated carbocycles. The van der Waals surface area contributed by atoms with Crippen molar-refractivity contribution in [3.8, 4) is 28.8 Å². The summed E-state index contributed by atoms with van der Waals surface area (Å²) in [5.41, 5.74) is 2.51. The number of aryl methyl sites for hydroxylation is 1. The molecule has 3 rings (SSSR count). The van der Waals surface area contributed by atoms with Gasteiger partial charge in [0.1, 0.15) is 17.4 Å². The molecule has 0 bridgehead atoms. The van der Waals surface area contributed by atoms with Gasteiger partial charge in [-0.2, -0.15) is 5.26 Å².